The number of rotatable bonds is 6. The van der Waals surface area contributed by atoms with Crippen LogP contribution in [0.15, 0.2) is 23.3 Å². The van der Waals surface area contributed by atoms with E-state index in [4.69, 9.17) is 14.2 Å². The third-order valence-electron chi connectivity index (χ3n) is 7.59. The molecule has 4 saturated heterocycles. The van der Waals surface area contributed by atoms with Gasteiger partial charge in [-0.05, 0) is 32.3 Å². The van der Waals surface area contributed by atoms with E-state index in [0.29, 0.717) is 6.42 Å². The Labute approximate surface area is 169 Å². The van der Waals surface area contributed by atoms with Gasteiger partial charge in [-0.15, -0.1) is 0 Å². The van der Waals surface area contributed by atoms with E-state index < -0.39 is 29.4 Å². The Balaban J connectivity index is 2.00. The van der Waals surface area contributed by atoms with Crippen molar-refractivity contribution in [2.75, 3.05) is 0 Å². The number of hydrogen-bond donors (Lipinski definition) is 2. The Kier molecular flexibility index (Phi) is 5.66. The third-order valence-corrected chi connectivity index (χ3v) is 7.59. The lowest BCUT2D eigenvalue weighted by Gasteiger charge is -2.72. The SMILES string of the molecule is CC/C=C(C)/C=C(\C)C(O)[C@@H](C)C12OC3C(C)[C@@](CC)(O1)O[C@](O)([C@@H]3C)[C@@H]2C. The van der Waals surface area contributed by atoms with Crippen LogP contribution >= 0.6 is 0 Å². The molecule has 4 rings (SSSR count). The molecule has 4 aliphatic rings. The number of aliphatic hydroxyl groups excluding tert-OH is 1. The van der Waals surface area contributed by atoms with E-state index in [2.05, 4.69) is 19.9 Å². The van der Waals surface area contributed by atoms with E-state index >= 15 is 0 Å². The lowest BCUT2D eigenvalue weighted by atomic mass is 9.64. The smallest absolute Gasteiger partial charge is 0.185 e. The fraction of sp³-hybridized carbons (Fsp3) is 0.826. The van der Waals surface area contributed by atoms with Gasteiger partial charge in [-0.25, -0.2) is 0 Å². The fourth-order valence-corrected chi connectivity index (χ4v) is 5.67. The van der Waals surface area contributed by atoms with Crippen molar-refractivity contribution in [2.24, 2.45) is 23.7 Å². The maximum Gasteiger partial charge on any atom is 0.185 e. The topological polar surface area (TPSA) is 68.2 Å². The summed E-state index contributed by atoms with van der Waals surface area (Å²) >= 11 is 0. The van der Waals surface area contributed by atoms with Crippen LogP contribution in [-0.4, -0.2) is 39.8 Å². The van der Waals surface area contributed by atoms with Crippen LogP contribution in [-0.2, 0) is 14.2 Å². The summed E-state index contributed by atoms with van der Waals surface area (Å²) in [6, 6.07) is 0. The minimum atomic E-state index is -1.33. The van der Waals surface area contributed by atoms with E-state index in [-0.39, 0.29) is 23.9 Å². The van der Waals surface area contributed by atoms with Crippen molar-refractivity contribution in [1.82, 2.24) is 0 Å². The lowest BCUT2D eigenvalue weighted by molar-refractivity contribution is -0.593. The standard InChI is InChI=1S/C23H38O5/c1-9-11-13(3)12-14(4)19(24)15(5)23-18(8)22(25)17(7)20(26-23)16(6)21(10-2,27-22)28-23/h11-12,15-20,24-25H,9-10H2,1-8H3/b13-11+,14-12+/t15-,16?,17-,18+,19?,20?,21-,22-,23?/m1/s1. The summed E-state index contributed by atoms with van der Waals surface area (Å²) < 4.78 is 19.4. The van der Waals surface area contributed by atoms with Crippen molar-refractivity contribution in [2.45, 2.75) is 97.8 Å². The fourth-order valence-electron chi connectivity index (χ4n) is 5.67. The molecule has 4 bridgehead atoms. The maximum absolute atomic E-state index is 11.5. The average molecular weight is 395 g/mol. The van der Waals surface area contributed by atoms with Crippen molar-refractivity contribution < 1.29 is 24.4 Å². The van der Waals surface area contributed by atoms with Gasteiger partial charge in [0.2, 0.25) is 0 Å². The van der Waals surface area contributed by atoms with E-state index in [1.807, 2.05) is 47.6 Å². The molecular weight excluding hydrogens is 356 g/mol. The van der Waals surface area contributed by atoms with Crippen molar-refractivity contribution >= 4 is 0 Å². The number of hydrogen-bond acceptors (Lipinski definition) is 5. The molecule has 0 amide bonds. The third kappa shape index (κ3) is 2.85. The van der Waals surface area contributed by atoms with Crippen molar-refractivity contribution in [1.29, 1.82) is 0 Å². The molecule has 160 valence electrons. The van der Waals surface area contributed by atoms with Crippen LogP contribution in [0.1, 0.15) is 68.2 Å². The molecule has 4 fully saturated rings. The zero-order valence-corrected chi connectivity index (χ0v) is 18.7. The highest BCUT2D eigenvalue weighted by Gasteiger charge is 2.76. The number of ether oxygens (including phenoxy) is 3. The van der Waals surface area contributed by atoms with Gasteiger partial charge in [-0.1, -0.05) is 59.3 Å². The van der Waals surface area contributed by atoms with Gasteiger partial charge < -0.3 is 24.4 Å². The van der Waals surface area contributed by atoms with Crippen LogP contribution in [0.5, 0.6) is 0 Å². The van der Waals surface area contributed by atoms with Crippen LogP contribution in [0.2, 0.25) is 0 Å². The van der Waals surface area contributed by atoms with E-state index in [0.717, 1.165) is 17.6 Å². The molecule has 0 aromatic carbocycles. The van der Waals surface area contributed by atoms with Crippen molar-refractivity contribution in [3.05, 3.63) is 23.3 Å². The van der Waals surface area contributed by atoms with Gasteiger partial charge in [-0.3, -0.25) is 0 Å². The van der Waals surface area contributed by atoms with Crippen molar-refractivity contribution in [3.63, 3.8) is 0 Å². The molecule has 5 nitrogen and oxygen atoms in total. The van der Waals surface area contributed by atoms with E-state index in [9.17, 15) is 10.2 Å². The largest absolute Gasteiger partial charge is 0.388 e. The van der Waals surface area contributed by atoms with Crippen LogP contribution in [0.3, 0.4) is 0 Å². The molecule has 4 unspecified atom stereocenters. The van der Waals surface area contributed by atoms with E-state index in [1.54, 1.807) is 0 Å². The summed E-state index contributed by atoms with van der Waals surface area (Å²) in [4.78, 5) is 0. The highest BCUT2D eigenvalue weighted by molar-refractivity contribution is 5.24. The first-order valence-electron chi connectivity index (χ1n) is 10.8. The van der Waals surface area contributed by atoms with E-state index in [1.165, 1.54) is 0 Å². The second kappa shape index (κ2) is 7.21. The Bertz CT molecular complexity index is 662. The van der Waals surface area contributed by atoms with Gasteiger partial charge in [0.15, 0.2) is 17.4 Å². The Morgan fingerprint density at radius 3 is 2.32 bits per heavy atom. The predicted octanol–water partition coefficient (Wildman–Crippen LogP) is 4.14. The highest BCUT2D eigenvalue weighted by atomic mass is 16.9. The molecule has 4 heterocycles. The average Bonchev–Trinajstić information content (AvgIpc) is 2.65. The molecule has 2 N–H and O–H groups in total. The summed E-state index contributed by atoms with van der Waals surface area (Å²) in [6.07, 6.45) is 4.80. The monoisotopic (exact) mass is 394 g/mol. The highest BCUT2D eigenvalue weighted by Crippen LogP contribution is 2.64. The number of aliphatic hydroxyl groups is 2. The van der Waals surface area contributed by atoms with Crippen LogP contribution < -0.4 is 0 Å². The van der Waals surface area contributed by atoms with Crippen LogP contribution in [0.25, 0.3) is 0 Å². The molecular formula is C23H38O5. The molecule has 9 atom stereocenters. The quantitative estimate of drug-likeness (QED) is 0.663. The number of allylic oxidation sites excluding steroid dienone is 3. The Morgan fingerprint density at radius 1 is 1.11 bits per heavy atom. The normalized spacial score (nSPS) is 48.1. The maximum atomic E-state index is 11.5. The minimum Gasteiger partial charge on any atom is -0.388 e. The Hall–Kier alpha value is -0.720. The molecule has 0 aromatic heterocycles. The molecule has 0 saturated carbocycles. The molecule has 0 aromatic rings. The molecule has 0 spiro atoms. The van der Waals surface area contributed by atoms with Gasteiger partial charge in [0.25, 0.3) is 0 Å². The van der Waals surface area contributed by atoms with Gasteiger partial charge in [-0.2, -0.15) is 0 Å². The van der Waals surface area contributed by atoms with Gasteiger partial charge >= 0.3 is 0 Å². The Morgan fingerprint density at radius 2 is 1.75 bits per heavy atom. The van der Waals surface area contributed by atoms with Crippen LogP contribution in [0.4, 0.5) is 0 Å². The first kappa shape index (κ1) is 22.0. The molecule has 28 heavy (non-hydrogen) atoms. The summed E-state index contributed by atoms with van der Waals surface area (Å²) in [7, 11) is 0. The van der Waals surface area contributed by atoms with Crippen molar-refractivity contribution in [3.8, 4) is 0 Å². The minimum absolute atomic E-state index is 0.00381. The molecule has 4 aliphatic heterocycles. The molecule has 5 heteroatoms. The predicted molar refractivity (Wildman–Crippen MR) is 108 cm³/mol. The summed E-state index contributed by atoms with van der Waals surface area (Å²) in [5.41, 5.74) is 1.99. The molecule has 0 radical (unpaired) electrons. The summed E-state index contributed by atoms with van der Waals surface area (Å²) in [6.45, 7) is 16.0. The first-order chi connectivity index (χ1) is 13.0. The second-order valence-corrected chi connectivity index (χ2v) is 9.20. The molecule has 0 aliphatic carbocycles. The zero-order valence-electron chi connectivity index (χ0n) is 18.7. The zero-order chi connectivity index (χ0) is 21.1. The van der Waals surface area contributed by atoms with Gasteiger partial charge in [0, 0.05) is 17.8 Å². The lowest BCUT2D eigenvalue weighted by Crippen LogP contribution is -2.83. The van der Waals surface area contributed by atoms with Gasteiger partial charge in [0.05, 0.1) is 18.1 Å². The van der Waals surface area contributed by atoms with Crippen LogP contribution in [0, 0.1) is 23.7 Å². The summed E-state index contributed by atoms with van der Waals surface area (Å²) in [5, 5.41) is 22.7. The first-order valence-corrected chi connectivity index (χ1v) is 10.8. The second-order valence-electron chi connectivity index (χ2n) is 9.20. The van der Waals surface area contributed by atoms with Gasteiger partial charge in [0.1, 0.15) is 0 Å². The summed E-state index contributed by atoms with van der Waals surface area (Å²) in [5.74, 6) is -4.26.